The van der Waals surface area contributed by atoms with E-state index in [-0.39, 0.29) is 18.4 Å². The molecule has 0 spiro atoms. The highest BCUT2D eigenvalue weighted by molar-refractivity contribution is 5.58. The highest BCUT2D eigenvalue weighted by Crippen LogP contribution is 2.20. The molecule has 0 unspecified atom stereocenters. The van der Waals surface area contributed by atoms with Gasteiger partial charge in [-0.25, -0.2) is 4.39 Å². The summed E-state index contributed by atoms with van der Waals surface area (Å²) in [5, 5.41) is 3.15. The monoisotopic (exact) mass is 339 g/mol. The molecule has 0 aliphatic rings. The lowest BCUT2D eigenvalue weighted by Crippen LogP contribution is -2.10. The summed E-state index contributed by atoms with van der Waals surface area (Å²) in [6.07, 6.45) is 0.874. The number of hydrogen-bond donors (Lipinski definition) is 2. The number of nitrogen functional groups attached to an aromatic ring is 1. The van der Waals surface area contributed by atoms with E-state index in [2.05, 4.69) is 27.2 Å². The SMILES string of the molecule is CCc1ccccc1Nc1nc(N)nc(COc2cccc(F)c2)n1. The van der Waals surface area contributed by atoms with Crippen molar-refractivity contribution in [2.75, 3.05) is 11.1 Å². The lowest BCUT2D eigenvalue weighted by Gasteiger charge is -2.11. The van der Waals surface area contributed by atoms with Gasteiger partial charge in [-0.2, -0.15) is 15.0 Å². The fraction of sp³-hybridized carbons (Fsp3) is 0.167. The Kier molecular flexibility index (Phi) is 5.03. The molecule has 1 heterocycles. The molecule has 0 saturated carbocycles. The van der Waals surface area contributed by atoms with Crippen LogP contribution in [0.25, 0.3) is 0 Å². The van der Waals surface area contributed by atoms with Crippen LogP contribution in [0.1, 0.15) is 18.3 Å². The number of nitrogens with zero attached hydrogens (tertiary/aromatic N) is 3. The van der Waals surface area contributed by atoms with E-state index in [0.29, 0.717) is 17.5 Å². The molecule has 0 atom stereocenters. The Morgan fingerprint density at radius 1 is 1.08 bits per heavy atom. The number of anilines is 3. The summed E-state index contributed by atoms with van der Waals surface area (Å²) in [5.74, 6) is 0.805. The van der Waals surface area contributed by atoms with E-state index in [0.717, 1.165) is 17.7 Å². The van der Waals surface area contributed by atoms with Crippen molar-refractivity contribution in [1.82, 2.24) is 15.0 Å². The van der Waals surface area contributed by atoms with Crippen LogP contribution in [0, 0.1) is 5.82 Å². The van der Waals surface area contributed by atoms with Crippen molar-refractivity contribution < 1.29 is 9.13 Å². The van der Waals surface area contributed by atoms with Crippen molar-refractivity contribution in [3.63, 3.8) is 0 Å². The van der Waals surface area contributed by atoms with Gasteiger partial charge >= 0.3 is 0 Å². The van der Waals surface area contributed by atoms with Crippen LogP contribution in [0.15, 0.2) is 48.5 Å². The van der Waals surface area contributed by atoms with Gasteiger partial charge in [0.25, 0.3) is 0 Å². The summed E-state index contributed by atoms with van der Waals surface area (Å²) < 4.78 is 18.7. The lowest BCUT2D eigenvalue weighted by atomic mass is 10.1. The summed E-state index contributed by atoms with van der Waals surface area (Å²) in [6, 6.07) is 13.8. The molecule has 0 saturated heterocycles. The standard InChI is InChI=1S/C18H18FN5O/c1-2-12-6-3-4-9-15(12)21-18-23-16(22-17(20)24-18)11-25-14-8-5-7-13(19)10-14/h3-10H,2,11H2,1H3,(H3,20,21,22,23,24). The van der Waals surface area contributed by atoms with Gasteiger partial charge in [0.1, 0.15) is 18.2 Å². The Hall–Kier alpha value is -3.22. The average molecular weight is 339 g/mol. The van der Waals surface area contributed by atoms with Crippen LogP contribution in [0.3, 0.4) is 0 Å². The van der Waals surface area contributed by atoms with Crippen molar-refractivity contribution in [2.24, 2.45) is 0 Å². The number of aromatic nitrogens is 3. The van der Waals surface area contributed by atoms with Crippen molar-refractivity contribution >= 4 is 17.6 Å². The first kappa shape index (κ1) is 16.6. The van der Waals surface area contributed by atoms with Gasteiger partial charge in [-0.05, 0) is 30.2 Å². The van der Waals surface area contributed by atoms with Gasteiger partial charge in [0.05, 0.1) is 0 Å². The fourth-order valence-corrected chi connectivity index (χ4v) is 2.33. The minimum Gasteiger partial charge on any atom is -0.486 e. The average Bonchev–Trinajstić information content (AvgIpc) is 2.60. The zero-order valence-corrected chi connectivity index (χ0v) is 13.7. The van der Waals surface area contributed by atoms with E-state index in [9.17, 15) is 4.39 Å². The molecular weight excluding hydrogens is 321 g/mol. The van der Waals surface area contributed by atoms with Crippen molar-refractivity contribution in [3.8, 4) is 5.75 Å². The third-order valence-electron chi connectivity index (χ3n) is 3.51. The van der Waals surface area contributed by atoms with E-state index in [1.165, 1.54) is 12.1 Å². The highest BCUT2D eigenvalue weighted by atomic mass is 19.1. The second-order valence-corrected chi connectivity index (χ2v) is 5.32. The van der Waals surface area contributed by atoms with Crippen LogP contribution in [-0.4, -0.2) is 15.0 Å². The van der Waals surface area contributed by atoms with E-state index in [4.69, 9.17) is 10.5 Å². The van der Waals surface area contributed by atoms with Gasteiger partial charge < -0.3 is 15.8 Å². The minimum atomic E-state index is -0.369. The summed E-state index contributed by atoms with van der Waals surface area (Å²) in [5.41, 5.74) is 7.81. The summed E-state index contributed by atoms with van der Waals surface area (Å²) in [7, 11) is 0. The van der Waals surface area contributed by atoms with Crippen LogP contribution >= 0.6 is 0 Å². The molecular formula is C18H18FN5O. The molecule has 2 aromatic carbocycles. The molecule has 0 amide bonds. The number of benzene rings is 2. The van der Waals surface area contributed by atoms with E-state index < -0.39 is 0 Å². The minimum absolute atomic E-state index is 0.0558. The number of ether oxygens (including phenoxy) is 1. The van der Waals surface area contributed by atoms with Gasteiger partial charge in [-0.3, -0.25) is 0 Å². The normalized spacial score (nSPS) is 10.5. The van der Waals surface area contributed by atoms with Crippen molar-refractivity contribution in [2.45, 2.75) is 20.0 Å². The van der Waals surface area contributed by atoms with E-state index in [1.54, 1.807) is 12.1 Å². The molecule has 0 radical (unpaired) electrons. The van der Waals surface area contributed by atoms with Gasteiger partial charge in [0.15, 0.2) is 5.82 Å². The van der Waals surface area contributed by atoms with Crippen LogP contribution in [0.5, 0.6) is 5.75 Å². The summed E-state index contributed by atoms with van der Waals surface area (Å²) >= 11 is 0. The van der Waals surface area contributed by atoms with Crippen molar-refractivity contribution in [1.29, 1.82) is 0 Å². The summed E-state index contributed by atoms with van der Waals surface area (Å²) in [4.78, 5) is 12.5. The number of halogens is 1. The van der Waals surface area contributed by atoms with Crippen LogP contribution in [0.2, 0.25) is 0 Å². The third kappa shape index (κ3) is 4.41. The summed E-state index contributed by atoms with van der Waals surface area (Å²) in [6.45, 7) is 2.13. The Morgan fingerprint density at radius 3 is 2.72 bits per heavy atom. The number of aryl methyl sites for hydroxylation is 1. The number of rotatable bonds is 6. The van der Waals surface area contributed by atoms with Crippen molar-refractivity contribution in [3.05, 3.63) is 65.7 Å². The smallest absolute Gasteiger partial charge is 0.232 e. The Morgan fingerprint density at radius 2 is 1.92 bits per heavy atom. The van der Waals surface area contributed by atoms with Crippen LogP contribution in [-0.2, 0) is 13.0 Å². The molecule has 3 rings (SSSR count). The first-order valence-electron chi connectivity index (χ1n) is 7.88. The zero-order valence-electron chi connectivity index (χ0n) is 13.7. The number of para-hydroxylation sites is 1. The molecule has 7 heteroatoms. The molecule has 3 N–H and O–H groups in total. The Balaban J connectivity index is 1.76. The van der Waals surface area contributed by atoms with Crippen LogP contribution in [0.4, 0.5) is 22.0 Å². The maximum atomic E-state index is 13.2. The van der Waals surface area contributed by atoms with Crippen LogP contribution < -0.4 is 15.8 Å². The molecule has 1 aromatic heterocycles. The molecule has 6 nitrogen and oxygen atoms in total. The largest absolute Gasteiger partial charge is 0.486 e. The number of hydrogen-bond acceptors (Lipinski definition) is 6. The van der Waals surface area contributed by atoms with E-state index in [1.807, 2.05) is 24.3 Å². The highest BCUT2D eigenvalue weighted by Gasteiger charge is 2.08. The number of nitrogens with one attached hydrogen (secondary N) is 1. The van der Waals surface area contributed by atoms with Gasteiger partial charge in [0, 0.05) is 11.8 Å². The molecule has 0 fully saturated rings. The molecule has 25 heavy (non-hydrogen) atoms. The van der Waals surface area contributed by atoms with Gasteiger partial charge in [0.2, 0.25) is 11.9 Å². The fourth-order valence-electron chi connectivity index (χ4n) is 2.33. The first-order chi connectivity index (χ1) is 12.1. The second kappa shape index (κ2) is 7.57. The molecule has 3 aromatic rings. The second-order valence-electron chi connectivity index (χ2n) is 5.32. The van der Waals surface area contributed by atoms with Gasteiger partial charge in [-0.15, -0.1) is 0 Å². The topological polar surface area (TPSA) is 86.0 Å². The predicted molar refractivity (Wildman–Crippen MR) is 94.1 cm³/mol. The molecule has 0 aliphatic carbocycles. The first-order valence-corrected chi connectivity index (χ1v) is 7.88. The molecule has 0 aliphatic heterocycles. The molecule has 128 valence electrons. The predicted octanol–water partition coefficient (Wildman–Crippen LogP) is 3.48. The number of nitrogens with two attached hydrogens (primary N) is 1. The zero-order chi connectivity index (χ0) is 17.6. The Bertz CT molecular complexity index is 872. The third-order valence-corrected chi connectivity index (χ3v) is 3.51. The Labute approximate surface area is 144 Å². The van der Waals surface area contributed by atoms with E-state index >= 15 is 0 Å². The quantitative estimate of drug-likeness (QED) is 0.715. The van der Waals surface area contributed by atoms with Gasteiger partial charge in [-0.1, -0.05) is 31.2 Å². The molecule has 0 bridgehead atoms. The maximum absolute atomic E-state index is 13.2. The lowest BCUT2D eigenvalue weighted by molar-refractivity contribution is 0.294. The maximum Gasteiger partial charge on any atom is 0.232 e.